The molecule has 2 unspecified atom stereocenters. The molecule has 1 saturated heterocycles. The predicted molar refractivity (Wildman–Crippen MR) is 509 cm³/mol. The zero-order valence-corrected chi connectivity index (χ0v) is 72.8. The fourth-order valence-electron chi connectivity index (χ4n) is 15.7. The van der Waals surface area contributed by atoms with Gasteiger partial charge in [0.1, 0.15) is 59.2 Å². The van der Waals surface area contributed by atoms with Gasteiger partial charge in [0.15, 0.2) is 17.4 Å². The zero-order valence-electron chi connectivity index (χ0n) is 72.0. The van der Waals surface area contributed by atoms with Gasteiger partial charge in [0.2, 0.25) is 0 Å². The Hall–Kier alpha value is -12.9. The molecule has 11 aromatic heterocycles. The SMILES string of the molecule is C1CC2CC1CN2.c1cc2c(cn1)CCCN2.c1cc2c(nn1)NCCC2.c1ccc2c(c1)CCNC2.c1ccc2occc2c1.c1cnc2c(c1)CCCN2.c1cnc2c(c1)CCN2.c1cnc2c(c1)NCCN2.c1cnc2c(c1)OCCN2.c1cnc2c(c1)SCCN2.c1cnc2c(n1)CCCCN2.c1cnc2c(n1)CCCN2.c1ncc2c(n1)NCCC2. The molecule has 1 aliphatic carbocycles. The van der Waals surface area contributed by atoms with Gasteiger partial charge in [-0.1, -0.05) is 54.6 Å². The van der Waals surface area contributed by atoms with Crippen LogP contribution in [0.5, 0.6) is 5.75 Å². The molecule has 26 rings (SSSR count). The molecule has 2 aromatic carbocycles. The summed E-state index contributed by atoms with van der Waals surface area (Å²) in [5.74, 6) is 12.0. The van der Waals surface area contributed by atoms with Crippen LogP contribution in [0.25, 0.3) is 11.0 Å². The van der Waals surface area contributed by atoms with E-state index in [0.29, 0.717) is 0 Å². The first kappa shape index (κ1) is 89.4. The van der Waals surface area contributed by atoms with Crippen molar-refractivity contribution < 1.29 is 9.15 Å². The second-order valence-corrected chi connectivity index (χ2v) is 32.4. The van der Waals surface area contributed by atoms with Crippen LogP contribution in [0.4, 0.5) is 63.7 Å². The molecule has 12 aliphatic heterocycles. The molecule has 30 heteroatoms. The Balaban J connectivity index is 0.000000111. The normalized spacial score (nSPS) is 17.0. The van der Waals surface area contributed by atoms with E-state index in [1.807, 2.05) is 134 Å². The molecular formula is C96H119N27O2S. The van der Waals surface area contributed by atoms with Crippen LogP contribution in [0, 0.1) is 5.92 Å². The van der Waals surface area contributed by atoms with E-state index in [-0.39, 0.29) is 0 Å². The number of hydrogen-bond donors (Lipinski definition) is 13. The lowest BCUT2D eigenvalue weighted by Gasteiger charge is -2.17. The molecule has 13 N–H and O–H groups in total. The van der Waals surface area contributed by atoms with E-state index in [1.165, 1.54) is 140 Å². The third kappa shape index (κ3) is 28.8. The average Bonchev–Trinajstić information content (AvgIpc) is 1.75. The third-order valence-corrected chi connectivity index (χ3v) is 23.3. The fraction of sp³-hybridized carbons (Fsp3) is 0.375. The molecule has 13 aromatic rings. The van der Waals surface area contributed by atoms with E-state index in [1.54, 1.807) is 56.0 Å². The number of aryl methyl sites for hydroxylation is 6. The van der Waals surface area contributed by atoms with Gasteiger partial charge in [-0.25, -0.2) is 44.9 Å². The summed E-state index contributed by atoms with van der Waals surface area (Å²) in [6.45, 7) is 15.4. The Bertz CT molecular complexity index is 4320. The number of furan rings is 1. The Morgan fingerprint density at radius 3 is 1.60 bits per heavy atom. The summed E-state index contributed by atoms with van der Waals surface area (Å²) in [6, 6.07) is 43.5. The maximum Gasteiger partial charge on any atom is 0.168 e. The van der Waals surface area contributed by atoms with Crippen molar-refractivity contribution in [2.24, 2.45) is 5.92 Å². The smallest absolute Gasteiger partial charge is 0.168 e. The monoisotopic (exact) mass is 1710 g/mol. The number of anilines is 11. The summed E-state index contributed by atoms with van der Waals surface area (Å²) in [5.41, 5.74) is 15.1. The molecule has 2 fully saturated rings. The molecule has 29 nitrogen and oxygen atoms in total. The molecule has 1 saturated carbocycles. The van der Waals surface area contributed by atoms with Gasteiger partial charge in [-0.15, -0.1) is 16.9 Å². The third-order valence-electron chi connectivity index (χ3n) is 22.2. The van der Waals surface area contributed by atoms with Crippen LogP contribution in [0.2, 0.25) is 0 Å². The first-order valence-corrected chi connectivity index (χ1v) is 45.7. The van der Waals surface area contributed by atoms with Crippen LogP contribution < -0.4 is 73.9 Å². The van der Waals surface area contributed by atoms with Crippen LogP contribution in [-0.4, -0.2) is 173 Å². The first-order chi connectivity index (χ1) is 62.5. The number of aromatic nitrogens is 14. The van der Waals surface area contributed by atoms with Gasteiger partial charge >= 0.3 is 0 Å². The zero-order chi connectivity index (χ0) is 85.7. The molecule has 0 spiro atoms. The summed E-state index contributed by atoms with van der Waals surface area (Å²) >= 11 is 1.86. The lowest BCUT2D eigenvalue weighted by Crippen LogP contribution is -2.23. The van der Waals surface area contributed by atoms with Crippen molar-refractivity contribution in [2.45, 2.75) is 133 Å². The number of benzene rings is 2. The van der Waals surface area contributed by atoms with Crippen molar-refractivity contribution in [2.75, 3.05) is 156 Å². The van der Waals surface area contributed by atoms with E-state index >= 15 is 0 Å². The van der Waals surface area contributed by atoms with Crippen molar-refractivity contribution in [1.82, 2.24) is 80.6 Å². The fourth-order valence-corrected chi connectivity index (χ4v) is 16.5. The van der Waals surface area contributed by atoms with Crippen molar-refractivity contribution in [3.05, 3.63) is 271 Å². The Labute approximate surface area is 743 Å². The Kier molecular flexibility index (Phi) is 36.0. The van der Waals surface area contributed by atoms with Crippen molar-refractivity contribution in [1.29, 1.82) is 0 Å². The van der Waals surface area contributed by atoms with E-state index in [2.05, 4.69) is 182 Å². The lowest BCUT2D eigenvalue weighted by atomic mass is 10.0. The van der Waals surface area contributed by atoms with Gasteiger partial charge in [-0.05, 0) is 241 Å². The standard InChI is InChI=1S/C9H11N.C8H11N3.2C8H10N2.C8H6O.4C7H9N3.C7H8N2O.C7H8N2S.C7H8N2.C6H11N/c1-2-4-9-7-10-6-5-8(9)3-1;1-2-4-10-8-7(3-1)9-5-6-11-8;1-3-7-4-2-6-10-8(7)9-5-1;1-2-7-6-9-5-3-8(7)10-4-1;1-2-4-8-7(3-1)5-6-9-8;1-2-6-3-5-9-10-7(6)8-4-1;1-2-6-4-8-5-10-7(6)9-3-1;2*1-2-6-7(9-3-1)10-5-4-8-6;2*1-2-6-7(8-3-1)9-4-5-10-6;1-2-6-3-5-9-7(6)8-4-1;1-2-6-3-5(1)4-7-6/h1-4,10H,5-7H2;5-6H,1-4H2,(H,10,11);1,3,5H,2,4,6H2,(H,9,10);3,5-6,10H,1-2,4H2;1-6H;3,5H,1-2,4H2,(H,8,10);4-5H,1-3H2,(H,8,9,10);4-5H,1-3H2,(H,9,10);1-3,8H,4-5H2,(H,9,10);2*1-3H,4-5H2,(H,8,9);1-2,4H,3,5H2,(H,8,9);5-7H,1-4H2. The number of fused-ring (bicyclic) bond motifs is 14. The number of hydrogen-bond acceptors (Lipinski definition) is 30. The topological polar surface area (TPSA) is 359 Å². The maximum absolute atomic E-state index is 5.30. The number of rotatable bonds is 0. The second kappa shape index (κ2) is 50.7. The highest BCUT2D eigenvalue weighted by Crippen LogP contribution is 2.31. The highest BCUT2D eigenvalue weighted by molar-refractivity contribution is 7.99. The van der Waals surface area contributed by atoms with Gasteiger partial charge < -0.3 is 78.3 Å². The summed E-state index contributed by atoms with van der Waals surface area (Å²) in [5, 5.41) is 51.1. The van der Waals surface area contributed by atoms with Gasteiger partial charge in [0.25, 0.3) is 0 Å². The van der Waals surface area contributed by atoms with Gasteiger partial charge in [0, 0.05) is 180 Å². The summed E-state index contributed by atoms with van der Waals surface area (Å²) in [7, 11) is 0. The number of nitrogens with zero attached hydrogens (tertiary/aromatic N) is 14. The van der Waals surface area contributed by atoms with Gasteiger partial charge in [0.05, 0.1) is 36.1 Å². The Morgan fingerprint density at radius 1 is 0.341 bits per heavy atom. The maximum atomic E-state index is 5.30. The van der Waals surface area contributed by atoms with Crippen LogP contribution >= 0.6 is 11.8 Å². The predicted octanol–water partition coefficient (Wildman–Crippen LogP) is 15.6. The average molecular weight is 1720 g/mol. The van der Waals surface area contributed by atoms with E-state index in [9.17, 15) is 0 Å². The lowest BCUT2D eigenvalue weighted by molar-refractivity contribution is 0.321. The van der Waals surface area contributed by atoms with Crippen molar-refractivity contribution >= 4 is 86.5 Å². The number of thioether (sulfide) groups is 1. The Morgan fingerprint density at radius 2 is 0.905 bits per heavy atom. The van der Waals surface area contributed by atoms with Crippen LogP contribution in [-0.2, 0) is 57.9 Å². The minimum absolute atomic E-state index is 0.735. The highest BCUT2D eigenvalue weighted by Gasteiger charge is 2.30. The number of pyridine rings is 6. The minimum Gasteiger partial charge on any atom is -0.488 e. The molecule has 13 aliphatic rings. The number of piperidine rings is 1. The first-order valence-electron chi connectivity index (χ1n) is 44.7. The van der Waals surface area contributed by atoms with Gasteiger partial charge in [-0.3, -0.25) is 15.0 Å². The molecular weight excluding hydrogens is 1600 g/mol. The highest BCUT2D eigenvalue weighted by atomic mass is 32.2. The number of nitrogens with one attached hydrogen (secondary N) is 13. The number of para-hydroxylation sites is 1. The molecule has 0 radical (unpaired) electrons. The molecule has 0 amide bonds. The summed E-state index contributed by atoms with van der Waals surface area (Å²) in [4.78, 5) is 50.9. The molecule has 2 atom stereocenters. The van der Waals surface area contributed by atoms with Crippen LogP contribution in [0.3, 0.4) is 0 Å². The van der Waals surface area contributed by atoms with Crippen molar-refractivity contribution in [3.63, 3.8) is 0 Å². The summed E-state index contributed by atoms with van der Waals surface area (Å²) < 4.78 is 10.4. The van der Waals surface area contributed by atoms with E-state index in [4.69, 9.17) is 9.15 Å². The molecule has 656 valence electrons. The van der Waals surface area contributed by atoms with E-state index in [0.717, 1.165) is 228 Å². The molecule has 23 heterocycles. The van der Waals surface area contributed by atoms with Crippen LogP contribution in [0.1, 0.15) is 115 Å². The minimum atomic E-state index is 0.735. The quantitative estimate of drug-likeness (QED) is 0.0671. The number of ether oxygens (including phenoxy) is 1. The summed E-state index contributed by atoms with van der Waals surface area (Å²) in [6.07, 6.45) is 48.6. The van der Waals surface area contributed by atoms with E-state index < -0.39 is 0 Å². The molecule has 126 heavy (non-hydrogen) atoms. The van der Waals surface area contributed by atoms with Crippen molar-refractivity contribution in [3.8, 4) is 5.75 Å². The largest absolute Gasteiger partial charge is 0.488 e. The van der Waals surface area contributed by atoms with Gasteiger partial charge in [-0.2, -0.15) is 5.10 Å². The van der Waals surface area contributed by atoms with Crippen LogP contribution in [0.15, 0.2) is 230 Å². The molecule has 2 bridgehead atoms. The second-order valence-electron chi connectivity index (χ2n) is 31.2.